The van der Waals surface area contributed by atoms with Gasteiger partial charge in [0, 0.05) is 0 Å². The summed E-state index contributed by atoms with van der Waals surface area (Å²) in [5, 5.41) is 0. The fourth-order valence-corrected chi connectivity index (χ4v) is 3.42. The van der Waals surface area contributed by atoms with Gasteiger partial charge in [0.25, 0.3) is 0 Å². The minimum Gasteiger partial charge on any atom is -0.294 e. The summed E-state index contributed by atoms with van der Waals surface area (Å²) >= 11 is 0. The van der Waals surface area contributed by atoms with Crippen LogP contribution in [0.15, 0.2) is 65.6 Å². The van der Waals surface area contributed by atoms with E-state index in [1.54, 1.807) is 30.3 Å². The Hall–Kier alpha value is -2.20. The highest BCUT2D eigenvalue weighted by Crippen LogP contribution is 2.23. The van der Waals surface area contributed by atoms with Gasteiger partial charge in [-0.2, -0.15) is 0 Å². The Morgan fingerprint density at radius 3 is 2.08 bits per heavy atom. The molecule has 0 atom stereocenters. The topological polar surface area (TPSA) is 51.2 Å². The Labute approximate surface area is 144 Å². The Morgan fingerprint density at radius 1 is 0.958 bits per heavy atom. The van der Waals surface area contributed by atoms with Crippen LogP contribution in [0.4, 0.5) is 0 Å². The molecule has 2 aromatic carbocycles. The SMILES string of the molecule is CC(C)(C)c1ccc(S(=O)(=O)CC(=O)/C=C/c2ccccc2)cc1. The molecule has 0 heterocycles. The zero-order chi connectivity index (χ0) is 17.8. The molecule has 0 bridgehead atoms. The van der Waals surface area contributed by atoms with Crippen LogP contribution in [-0.4, -0.2) is 20.0 Å². The molecule has 2 rings (SSSR count). The second-order valence-corrected chi connectivity index (χ2v) is 8.73. The van der Waals surface area contributed by atoms with Crippen LogP contribution in [0.2, 0.25) is 0 Å². The molecule has 0 aliphatic heterocycles. The lowest BCUT2D eigenvalue weighted by molar-refractivity contribution is -0.112. The van der Waals surface area contributed by atoms with Crippen molar-refractivity contribution < 1.29 is 13.2 Å². The second-order valence-electron chi connectivity index (χ2n) is 6.74. The molecule has 0 N–H and O–H groups in total. The Balaban J connectivity index is 2.10. The maximum absolute atomic E-state index is 12.4. The van der Waals surface area contributed by atoms with E-state index < -0.39 is 21.4 Å². The molecule has 0 aliphatic rings. The molecule has 0 spiro atoms. The van der Waals surface area contributed by atoms with Crippen molar-refractivity contribution in [3.63, 3.8) is 0 Å². The van der Waals surface area contributed by atoms with Crippen LogP contribution in [0.25, 0.3) is 6.08 Å². The van der Waals surface area contributed by atoms with Crippen molar-refractivity contribution >= 4 is 21.7 Å². The summed E-state index contributed by atoms with van der Waals surface area (Å²) in [7, 11) is -3.63. The van der Waals surface area contributed by atoms with Gasteiger partial charge in [-0.05, 0) is 34.8 Å². The van der Waals surface area contributed by atoms with Crippen LogP contribution in [0, 0.1) is 0 Å². The fraction of sp³-hybridized carbons (Fsp3) is 0.250. The minimum atomic E-state index is -3.63. The smallest absolute Gasteiger partial charge is 0.185 e. The van der Waals surface area contributed by atoms with E-state index >= 15 is 0 Å². The summed E-state index contributed by atoms with van der Waals surface area (Å²) in [6, 6.07) is 16.1. The summed E-state index contributed by atoms with van der Waals surface area (Å²) in [5.74, 6) is -0.954. The number of allylic oxidation sites excluding steroid dienone is 1. The summed E-state index contributed by atoms with van der Waals surface area (Å²) < 4.78 is 24.7. The third-order valence-corrected chi connectivity index (χ3v) is 5.33. The first-order valence-electron chi connectivity index (χ1n) is 7.78. The van der Waals surface area contributed by atoms with Crippen molar-refractivity contribution in [1.82, 2.24) is 0 Å². The molecule has 0 aliphatic carbocycles. The highest BCUT2D eigenvalue weighted by Gasteiger charge is 2.19. The second kappa shape index (κ2) is 7.14. The first-order chi connectivity index (χ1) is 11.2. The number of rotatable bonds is 5. The van der Waals surface area contributed by atoms with E-state index in [2.05, 4.69) is 20.8 Å². The van der Waals surface area contributed by atoms with Crippen molar-refractivity contribution in [2.75, 3.05) is 5.75 Å². The van der Waals surface area contributed by atoms with Gasteiger partial charge in [0.1, 0.15) is 5.75 Å². The predicted octanol–water partition coefficient (Wildman–Crippen LogP) is 4.04. The van der Waals surface area contributed by atoms with Crippen LogP contribution in [0.3, 0.4) is 0 Å². The average molecular weight is 342 g/mol. The normalized spacial score (nSPS) is 12.5. The molecule has 0 saturated carbocycles. The molecule has 0 amide bonds. The molecule has 0 fully saturated rings. The van der Waals surface area contributed by atoms with Gasteiger partial charge in [-0.1, -0.05) is 69.3 Å². The van der Waals surface area contributed by atoms with Gasteiger partial charge in [0.15, 0.2) is 15.6 Å². The van der Waals surface area contributed by atoms with E-state index in [1.807, 2.05) is 30.3 Å². The monoisotopic (exact) mass is 342 g/mol. The van der Waals surface area contributed by atoms with Crippen molar-refractivity contribution in [3.05, 3.63) is 71.8 Å². The number of carbonyl (C=O) groups is 1. The fourth-order valence-electron chi connectivity index (χ4n) is 2.23. The van der Waals surface area contributed by atoms with Crippen molar-refractivity contribution in [1.29, 1.82) is 0 Å². The molecule has 126 valence electrons. The number of carbonyl (C=O) groups excluding carboxylic acids is 1. The number of ketones is 1. The number of hydrogen-bond donors (Lipinski definition) is 0. The number of sulfone groups is 1. The standard InChI is InChI=1S/C20H22O3S/c1-20(2,3)17-10-13-19(14-11-17)24(22,23)15-18(21)12-9-16-7-5-4-6-8-16/h4-14H,15H2,1-3H3/b12-9+. The maximum Gasteiger partial charge on any atom is 0.185 e. The van der Waals surface area contributed by atoms with Gasteiger partial charge in [-0.25, -0.2) is 8.42 Å². The zero-order valence-electron chi connectivity index (χ0n) is 14.2. The van der Waals surface area contributed by atoms with E-state index in [9.17, 15) is 13.2 Å². The summed E-state index contributed by atoms with van der Waals surface area (Å²) in [6.07, 6.45) is 2.94. The lowest BCUT2D eigenvalue weighted by atomic mass is 9.87. The van der Waals surface area contributed by atoms with Gasteiger partial charge in [-0.3, -0.25) is 4.79 Å². The molecular formula is C20H22O3S. The lowest BCUT2D eigenvalue weighted by Gasteiger charge is -2.19. The van der Waals surface area contributed by atoms with Gasteiger partial charge in [0.2, 0.25) is 0 Å². The number of benzene rings is 2. The first-order valence-corrected chi connectivity index (χ1v) is 9.43. The Bertz CT molecular complexity index is 825. The number of hydrogen-bond acceptors (Lipinski definition) is 3. The molecule has 3 nitrogen and oxygen atoms in total. The predicted molar refractivity (Wildman–Crippen MR) is 97.7 cm³/mol. The van der Waals surface area contributed by atoms with E-state index in [0.29, 0.717) is 0 Å². The molecule has 0 radical (unpaired) electrons. The van der Waals surface area contributed by atoms with Crippen LogP contribution in [0.1, 0.15) is 31.9 Å². The first kappa shape index (κ1) is 18.1. The van der Waals surface area contributed by atoms with Gasteiger partial charge in [-0.15, -0.1) is 0 Å². The summed E-state index contributed by atoms with van der Waals surface area (Å²) in [5.41, 5.74) is 1.87. The molecule has 0 saturated heterocycles. The van der Waals surface area contributed by atoms with Crippen LogP contribution in [0.5, 0.6) is 0 Å². The average Bonchev–Trinajstić information content (AvgIpc) is 2.53. The highest BCUT2D eigenvalue weighted by molar-refractivity contribution is 7.92. The van der Waals surface area contributed by atoms with E-state index in [4.69, 9.17) is 0 Å². The quantitative estimate of drug-likeness (QED) is 0.771. The maximum atomic E-state index is 12.4. The highest BCUT2D eigenvalue weighted by atomic mass is 32.2. The third-order valence-electron chi connectivity index (χ3n) is 3.67. The lowest BCUT2D eigenvalue weighted by Crippen LogP contribution is -2.15. The Morgan fingerprint density at radius 2 is 1.54 bits per heavy atom. The van der Waals surface area contributed by atoms with E-state index in [0.717, 1.165) is 11.1 Å². The summed E-state index contributed by atoms with van der Waals surface area (Å²) in [6.45, 7) is 6.19. The largest absolute Gasteiger partial charge is 0.294 e. The Kier molecular flexibility index (Phi) is 5.40. The molecule has 2 aromatic rings. The van der Waals surface area contributed by atoms with Crippen molar-refractivity contribution in [2.24, 2.45) is 0 Å². The van der Waals surface area contributed by atoms with Crippen LogP contribution in [-0.2, 0) is 20.0 Å². The van der Waals surface area contributed by atoms with Gasteiger partial charge in [0.05, 0.1) is 4.90 Å². The van der Waals surface area contributed by atoms with Crippen LogP contribution >= 0.6 is 0 Å². The third kappa shape index (κ3) is 4.90. The zero-order valence-corrected chi connectivity index (χ0v) is 15.0. The van der Waals surface area contributed by atoms with E-state index in [-0.39, 0.29) is 10.3 Å². The molecule has 24 heavy (non-hydrogen) atoms. The molecule has 0 aromatic heterocycles. The van der Waals surface area contributed by atoms with Crippen molar-refractivity contribution in [2.45, 2.75) is 31.1 Å². The molecule has 0 unspecified atom stereocenters. The molecule has 4 heteroatoms. The minimum absolute atomic E-state index is 0.0451. The summed E-state index contributed by atoms with van der Waals surface area (Å²) in [4.78, 5) is 12.1. The van der Waals surface area contributed by atoms with Crippen molar-refractivity contribution in [3.8, 4) is 0 Å². The van der Waals surface area contributed by atoms with Crippen LogP contribution < -0.4 is 0 Å². The molecular weight excluding hydrogens is 320 g/mol. The van der Waals surface area contributed by atoms with Gasteiger partial charge < -0.3 is 0 Å². The van der Waals surface area contributed by atoms with E-state index in [1.165, 1.54) is 6.08 Å². The van der Waals surface area contributed by atoms with Gasteiger partial charge >= 0.3 is 0 Å².